The van der Waals surface area contributed by atoms with Crippen LogP contribution in [0.4, 0.5) is 0 Å². The first-order chi connectivity index (χ1) is 12.5. The highest BCUT2D eigenvalue weighted by atomic mass is 32.2. The van der Waals surface area contributed by atoms with Crippen LogP contribution in [0.25, 0.3) is 0 Å². The van der Waals surface area contributed by atoms with Crippen molar-refractivity contribution in [1.29, 1.82) is 0 Å². The molecule has 0 atom stereocenters. The molecule has 1 amide bonds. The summed E-state index contributed by atoms with van der Waals surface area (Å²) in [5, 5.41) is 0. The van der Waals surface area contributed by atoms with Crippen LogP contribution in [0.3, 0.4) is 0 Å². The zero-order valence-electron chi connectivity index (χ0n) is 15.3. The molecule has 0 aromatic heterocycles. The van der Waals surface area contributed by atoms with Crippen LogP contribution in [0.1, 0.15) is 12.0 Å². The van der Waals surface area contributed by atoms with Crippen LogP contribution in [0.5, 0.6) is 0 Å². The van der Waals surface area contributed by atoms with Crippen molar-refractivity contribution in [1.82, 2.24) is 14.1 Å². The molecule has 26 heavy (non-hydrogen) atoms. The molecule has 2 saturated heterocycles. The number of nitrogens with zero attached hydrogens (tertiary/aromatic N) is 3. The van der Waals surface area contributed by atoms with Crippen molar-refractivity contribution in [3.63, 3.8) is 0 Å². The topological polar surface area (TPSA) is 70.2 Å². The third kappa shape index (κ3) is 4.62. The van der Waals surface area contributed by atoms with Crippen molar-refractivity contribution in [3.05, 3.63) is 29.8 Å². The summed E-state index contributed by atoms with van der Waals surface area (Å²) < 4.78 is 32.5. The summed E-state index contributed by atoms with van der Waals surface area (Å²) in [6, 6.07) is 6.96. The van der Waals surface area contributed by atoms with Gasteiger partial charge in [0, 0.05) is 32.7 Å². The average molecular weight is 381 g/mol. The highest BCUT2D eigenvalue weighted by Gasteiger charge is 2.28. The van der Waals surface area contributed by atoms with E-state index in [1.165, 1.54) is 4.31 Å². The maximum atomic E-state index is 12.8. The van der Waals surface area contributed by atoms with Gasteiger partial charge in [-0.05, 0) is 32.0 Å². The van der Waals surface area contributed by atoms with Crippen molar-refractivity contribution in [3.8, 4) is 0 Å². The summed E-state index contributed by atoms with van der Waals surface area (Å²) in [5.74, 6) is 0.100. The Balaban J connectivity index is 1.59. The number of ether oxygens (including phenoxy) is 1. The molecule has 0 aliphatic carbocycles. The van der Waals surface area contributed by atoms with E-state index < -0.39 is 10.0 Å². The lowest BCUT2D eigenvalue weighted by Crippen LogP contribution is -2.46. The molecule has 2 aliphatic heterocycles. The van der Waals surface area contributed by atoms with Gasteiger partial charge in [0.1, 0.15) is 0 Å². The molecule has 0 radical (unpaired) electrons. The van der Waals surface area contributed by atoms with Crippen LogP contribution in [0.15, 0.2) is 29.2 Å². The Bertz CT molecular complexity index is 714. The smallest absolute Gasteiger partial charge is 0.243 e. The number of aryl methyl sites for hydroxylation is 1. The second-order valence-corrected chi connectivity index (χ2v) is 8.78. The Labute approximate surface area is 155 Å². The van der Waals surface area contributed by atoms with E-state index in [1.807, 2.05) is 24.0 Å². The van der Waals surface area contributed by atoms with Crippen molar-refractivity contribution < 1.29 is 17.9 Å². The number of carbonyl (C=O) groups excluding carboxylic acids is 1. The number of carbonyl (C=O) groups is 1. The molecule has 144 valence electrons. The minimum Gasteiger partial charge on any atom is -0.378 e. The van der Waals surface area contributed by atoms with Gasteiger partial charge in [0.05, 0.1) is 24.7 Å². The summed E-state index contributed by atoms with van der Waals surface area (Å²) in [6.07, 6.45) is 0.724. The number of amides is 1. The number of benzene rings is 1. The van der Waals surface area contributed by atoms with E-state index in [-0.39, 0.29) is 5.91 Å². The number of hydrogen-bond donors (Lipinski definition) is 0. The van der Waals surface area contributed by atoms with Crippen LogP contribution in [0.2, 0.25) is 0 Å². The Hall–Kier alpha value is -1.48. The number of sulfonamides is 1. The summed E-state index contributed by atoms with van der Waals surface area (Å²) >= 11 is 0. The fourth-order valence-electron chi connectivity index (χ4n) is 3.31. The minimum absolute atomic E-state index is 0.100. The highest BCUT2D eigenvalue weighted by molar-refractivity contribution is 7.89. The average Bonchev–Trinajstić information content (AvgIpc) is 2.89. The summed E-state index contributed by atoms with van der Waals surface area (Å²) in [5.41, 5.74) is 1.03. The van der Waals surface area contributed by atoms with Gasteiger partial charge < -0.3 is 9.64 Å². The summed E-state index contributed by atoms with van der Waals surface area (Å²) in [7, 11) is -3.48. The Kier molecular flexibility index (Phi) is 6.29. The number of rotatable bonds is 4. The molecule has 2 heterocycles. The molecule has 0 bridgehead atoms. The lowest BCUT2D eigenvalue weighted by atomic mass is 10.2. The van der Waals surface area contributed by atoms with Crippen molar-refractivity contribution in [2.24, 2.45) is 0 Å². The molecule has 0 saturated carbocycles. The maximum absolute atomic E-state index is 12.8. The Morgan fingerprint density at radius 3 is 2.38 bits per heavy atom. The first-order valence-electron chi connectivity index (χ1n) is 9.11. The molecule has 1 aromatic carbocycles. The van der Waals surface area contributed by atoms with Gasteiger partial charge in [0.2, 0.25) is 15.9 Å². The van der Waals surface area contributed by atoms with E-state index in [9.17, 15) is 13.2 Å². The predicted octanol–water partition coefficient (Wildman–Crippen LogP) is 0.550. The molecular weight excluding hydrogens is 354 g/mol. The third-order valence-corrected chi connectivity index (χ3v) is 6.84. The summed E-state index contributed by atoms with van der Waals surface area (Å²) in [4.78, 5) is 16.6. The normalized spacial score (nSPS) is 20.7. The molecule has 7 nitrogen and oxygen atoms in total. The van der Waals surface area contributed by atoms with Gasteiger partial charge in [0.15, 0.2) is 0 Å². The molecule has 0 spiro atoms. The highest BCUT2D eigenvalue weighted by Crippen LogP contribution is 2.18. The van der Waals surface area contributed by atoms with Gasteiger partial charge in [-0.15, -0.1) is 0 Å². The largest absolute Gasteiger partial charge is 0.378 e. The number of hydrogen-bond acceptors (Lipinski definition) is 5. The zero-order valence-corrected chi connectivity index (χ0v) is 16.1. The van der Waals surface area contributed by atoms with E-state index in [1.54, 1.807) is 12.1 Å². The SMILES string of the molecule is Cc1ccc(S(=O)(=O)N2CCCN(CC(=O)N3CCOCC3)CC2)cc1. The molecule has 2 fully saturated rings. The first-order valence-corrected chi connectivity index (χ1v) is 10.6. The minimum atomic E-state index is -3.48. The first kappa shape index (κ1) is 19.3. The lowest BCUT2D eigenvalue weighted by molar-refractivity contribution is -0.136. The second kappa shape index (κ2) is 8.47. The van der Waals surface area contributed by atoms with Crippen LogP contribution in [-0.2, 0) is 19.6 Å². The Morgan fingerprint density at radius 2 is 1.69 bits per heavy atom. The molecule has 1 aromatic rings. The predicted molar refractivity (Wildman–Crippen MR) is 98.4 cm³/mol. The standard InChI is InChI=1S/C18H27N3O4S/c1-16-3-5-17(6-4-16)26(23,24)21-8-2-7-19(9-10-21)15-18(22)20-11-13-25-14-12-20/h3-6H,2,7-15H2,1H3. The van der Waals surface area contributed by atoms with E-state index in [4.69, 9.17) is 4.74 Å². The summed E-state index contributed by atoms with van der Waals surface area (Å²) in [6.45, 7) is 6.94. The fraction of sp³-hybridized carbons (Fsp3) is 0.611. The molecule has 0 N–H and O–H groups in total. The maximum Gasteiger partial charge on any atom is 0.243 e. The van der Waals surface area contributed by atoms with Gasteiger partial charge in [-0.3, -0.25) is 9.69 Å². The molecule has 2 aliphatic rings. The van der Waals surface area contributed by atoms with E-state index >= 15 is 0 Å². The quantitative estimate of drug-likeness (QED) is 0.762. The number of morpholine rings is 1. The van der Waals surface area contributed by atoms with Crippen LogP contribution in [-0.4, -0.2) is 87.5 Å². The van der Waals surface area contributed by atoms with Gasteiger partial charge in [-0.1, -0.05) is 17.7 Å². The monoisotopic (exact) mass is 381 g/mol. The Morgan fingerprint density at radius 1 is 1.00 bits per heavy atom. The van der Waals surface area contributed by atoms with Crippen molar-refractivity contribution >= 4 is 15.9 Å². The van der Waals surface area contributed by atoms with E-state index in [0.717, 1.165) is 18.5 Å². The van der Waals surface area contributed by atoms with Crippen LogP contribution >= 0.6 is 0 Å². The van der Waals surface area contributed by atoms with Gasteiger partial charge in [-0.2, -0.15) is 4.31 Å². The fourth-order valence-corrected chi connectivity index (χ4v) is 4.78. The molecule has 0 unspecified atom stereocenters. The van der Waals surface area contributed by atoms with E-state index in [0.29, 0.717) is 57.4 Å². The molecule has 3 rings (SSSR count). The van der Waals surface area contributed by atoms with Crippen molar-refractivity contribution in [2.75, 3.05) is 59.0 Å². The molecule has 8 heteroatoms. The third-order valence-electron chi connectivity index (χ3n) is 4.93. The van der Waals surface area contributed by atoms with Crippen LogP contribution < -0.4 is 0 Å². The molecular formula is C18H27N3O4S. The van der Waals surface area contributed by atoms with Gasteiger partial charge >= 0.3 is 0 Å². The second-order valence-electron chi connectivity index (χ2n) is 6.84. The zero-order chi connectivity index (χ0) is 18.6. The lowest BCUT2D eigenvalue weighted by Gasteiger charge is -2.29. The van der Waals surface area contributed by atoms with Crippen LogP contribution in [0, 0.1) is 6.92 Å². The van der Waals surface area contributed by atoms with E-state index in [2.05, 4.69) is 4.90 Å². The van der Waals surface area contributed by atoms with Gasteiger partial charge in [0.25, 0.3) is 0 Å². The van der Waals surface area contributed by atoms with Crippen molar-refractivity contribution in [2.45, 2.75) is 18.2 Å². The van der Waals surface area contributed by atoms with Gasteiger partial charge in [-0.25, -0.2) is 8.42 Å².